The fraction of sp³-hybridized carbons (Fsp3) is 0.833. The molecule has 0 aliphatic carbocycles. The Labute approximate surface area is 94.5 Å². The number of rotatable bonds is 3. The minimum atomic E-state index is -1.57. The lowest BCUT2D eigenvalue weighted by molar-refractivity contribution is 0.296. The predicted molar refractivity (Wildman–Crippen MR) is 65.3 cm³/mol. The van der Waals surface area contributed by atoms with Crippen molar-refractivity contribution in [3.8, 4) is 11.8 Å². The average molecular weight is 226 g/mol. The van der Waals surface area contributed by atoms with E-state index < -0.39 is 8.32 Å². The molecule has 1 atom stereocenters. The Balaban J connectivity index is 2.21. The third-order valence-electron chi connectivity index (χ3n) is 3.09. The van der Waals surface area contributed by atoms with Crippen LogP contribution >= 0.6 is 0 Å². The van der Waals surface area contributed by atoms with Crippen LogP contribution in [0.3, 0.4) is 0 Å². The monoisotopic (exact) mass is 226 g/mol. The predicted octanol–water partition coefficient (Wildman–Crippen LogP) is 2.80. The van der Waals surface area contributed by atoms with Gasteiger partial charge in [0.2, 0.25) is 0 Å². The zero-order valence-electron chi connectivity index (χ0n) is 10.5. The van der Waals surface area contributed by atoms with Crippen LogP contribution in [0, 0.1) is 11.8 Å². The van der Waals surface area contributed by atoms with Gasteiger partial charge in [0, 0.05) is 13.0 Å². The van der Waals surface area contributed by atoms with Crippen LogP contribution in [0.5, 0.6) is 0 Å². The van der Waals surface area contributed by atoms with Crippen molar-refractivity contribution in [2.45, 2.75) is 51.4 Å². The van der Waals surface area contributed by atoms with Crippen molar-refractivity contribution in [1.29, 1.82) is 0 Å². The molecule has 3 heteroatoms. The molecule has 2 nitrogen and oxygen atoms in total. The molecular weight excluding hydrogens is 204 g/mol. The molecule has 0 aromatic rings. The highest BCUT2D eigenvalue weighted by atomic mass is 28.4. The second-order valence-electron chi connectivity index (χ2n) is 5.50. The van der Waals surface area contributed by atoms with Crippen molar-refractivity contribution in [3.63, 3.8) is 0 Å². The van der Waals surface area contributed by atoms with Gasteiger partial charge < -0.3 is 9.16 Å². The lowest BCUT2D eigenvalue weighted by atomic mass is 10.2. The van der Waals surface area contributed by atoms with Crippen LogP contribution in [-0.2, 0) is 9.16 Å². The molecule has 1 rings (SSSR count). The molecule has 1 fully saturated rings. The van der Waals surface area contributed by atoms with E-state index in [0.717, 1.165) is 19.6 Å². The van der Waals surface area contributed by atoms with E-state index in [1.165, 1.54) is 0 Å². The van der Waals surface area contributed by atoms with Gasteiger partial charge in [0.25, 0.3) is 0 Å². The normalized spacial score (nSPS) is 20.7. The Bertz CT molecular complexity index is 264. The summed E-state index contributed by atoms with van der Waals surface area (Å²) < 4.78 is 11.0. The molecule has 1 heterocycles. The first kappa shape index (κ1) is 12.8. The quantitative estimate of drug-likeness (QED) is 0.319. The molecule has 1 aliphatic rings. The molecule has 0 N–H and O–H groups in total. The van der Waals surface area contributed by atoms with E-state index in [-0.39, 0.29) is 6.10 Å². The van der Waals surface area contributed by atoms with E-state index >= 15 is 0 Å². The third kappa shape index (κ3) is 4.37. The zero-order chi connectivity index (χ0) is 11.5. The van der Waals surface area contributed by atoms with Crippen LogP contribution in [-0.4, -0.2) is 27.6 Å². The van der Waals surface area contributed by atoms with Gasteiger partial charge in [0.15, 0.2) is 8.32 Å². The molecule has 1 aliphatic heterocycles. The summed E-state index contributed by atoms with van der Waals surface area (Å²) in [6.07, 6.45) is 1.05. The number of hydrogen-bond acceptors (Lipinski definition) is 2. The molecule has 0 bridgehead atoms. The van der Waals surface area contributed by atoms with Gasteiger partial charge in [0.1, 0.15) is 6.10 Å². The maximum atomic E-state index is 5.99. The van der Waals surface area contributed by atoms with E-state index in [0.29, 0.717) is 5.04 Å². The SMILES string of the molecule is CC(C)(C)[Si](C)(C)OCCC#CC1CO1. The van der Waals surface area contributed by atoms with Crippen LogP contribution in [0.4, 0.5) is 0 Å². The van der Waals surface area contributed by atoms with Gasteiger partial charge >= 0.3 is 0 Å². The first-order valence-corrected chi connectivity index (χ1v) is 8.48. The van der Waals surface area contributed by atoms with Crippen LogP contribution in [0.25, 0.3) is 0 Å². The van der Waals surface area contributed by atoms with Crippen LogP contribution in [0.1, 0.15) is 27.2 Å². The first-order valence-electron chi connectivity index (χ1n) is 5.57. The number of hydrogen-bond donors (Lipinski definition) is 0. The minimum absolute atomic E-state index is 0.220. The first-order chi connectivity index (χ1) is 6.83. The van der Waals surface area contributed by atoms with E-state index in [1.54, 1.807) is 0 Å². The maximum Gasteiger partial charge on any atom is 0.192 e. The standard InChI is InChI=1S/C12H22O2Si/c1-12(2,3)15(4,5)14-9-7-6-8-11-10-13-11/h11H,7,9-10H2,1-5H3. The van der Waals surface area contributed by atoms with E-state index in [9.17, 15) is 0 Å². The summed E-state index contributed by atoms with van der Waals surface area (Å²) in [7, 11) is -1.57. The third-order valence-corrected chi connectivity index (χ3v) is 7.63. The van der Waals surface area contributed by atoms with Gasteiger partial charge in [-0.05, 0) is 18.1 Å². The maximum absolute atomic E-state index is 5.99. The Hall–Kier alpha value is -0.303. The molecule has 15 heavy (non-hydrogen) atoms. The zero-order valence-corrected chi connectivity index (χ0v) is 11.5. The van der Waals surface area contributed by atoms with Crippen LogP contribution < -0.4 is 0 Å². The van der Waals surface area contributed by atoms with E-state index in [1.807, 2.05) is 0 Å². The molecule has 0 amide bonds. The molecule has 0 saturated carbocycles. The van der Waals surface area contributed by atoms with E-state index in [2.05, 4.69) is 45.7 Å². The molecule has 0 radical (unpaired) electrons. The van der Waals surface area contributed by atoms with Gasteiger partial charge in [-0.3, -0.25) is 0 Å². The summed E-state index contributed by atoms with van der Waals surface area (Å²) in [5.41, 5.74) is 0. The number of ether oxygens (including phenoxy) is 1. The van der Waals surface area contributed by atoms with Crippen molar-refractivity contribution in [1.82, 2.24) is 0 Å². The fourth-order valence-electron chi connectivity index (χ4n) is 0.891. The lowest BCUT2D eigenvalue weighted by Crippen LogP contribution is -2.40. The molecule has 0 aromatic heterocycles. The highest BCUT2D eigenvalue weighted by Gasteiger charge is 2.36. The summed E-state index contributed by atoms with van der Waals surface area (Å²) >= 11 is 0. The van der Waals surface area contributed by atoms with Gasteiger partial charge in [0.05, 0.1) is 6.61 Å². The van der Waals surface area contributed by atoms with Gasteiger partial charge in [-0.15, -0.1) is 0 Å². The van der Waals surface area contributed by atoms with Crippen molar-refractivity contribution in [3.05, 3.63) is 0 Å². The van der Waals surface area contributed by atoms with Crippen molar-refractivity contribution < 1.29 is 9.16 Å². The van der Waals surface area contributed by atoms with E-state index in [4.69, 9.17) is 9.16 Å². The summed E-state index contributed by atoms with van der Waals surface area (Å²) in [6.45, 7) is 12.9. The molecule has 1 unspecified atom stereocenters. The highest BCUT2D eigenvalue weighted by molar-refractivity contribution is 6.74. The fourth-order valence-corrected chi connectivity index (χ4v) is 1.94. The topological polar surface area (TPSA) is 21.8 Å². The molecule has 86 valence electrons. The van der Waals surface area contributed by atoms with Crippen molar-refractivity contribution in [2.24, 2.45) is 0 Å². The van der Waals surface area contributed by atoms with Gasteiger partial charge in [-0.1, -0.05) is 32.6 Å². The van der Waals surface area contributed by atoms with Crippen LogP contribution in [0.15, 0.2) is 0 Å². The van der Waals surface area contributed by atoms with Crippen molar-refractivity contribution in [2.75, 3.05) is 13.2 Å². The number of epoxide rings is 1. The molecular formula is C12H22O2Si. The second kappa shape index (κ2) is 4.69. The Morgan fingerprint density at radius 2 is 2.00 bits per heavy atom. The summed E-state index contributed by atoms with van der Waals surface area (Å²) in [4.78, 5) is 0. The second-order valence-corrected chi connectivity index (χ2v) is 10.3. The smallest absolute Gasteiger partial charge is 0.192 e. The molecule has 0 spiro atoms. The van der Waals surface area contributed by atoms with Gasteiger partial charge in [-0.25, -0.2) is 0 Å². The van der Waals surface area contributed by atoms with Crippen LogP contribution in [0.2, 0.25) is 18.1 Å². The largest absolute Gasteiger partial charge is 0.416 e. The Morgan fingerprint density at radius 1 is 1.40 bits per heavy atom. The average Bonchev–Trinajstić information content (AvgIpc) is 2.85. The summed E-state index contributed by atoms with van der Waals surface area (Å²) in [6, 6.07) is 0. The van der Waals surface area contributed by atoms with Crippen molar-refractivity contribution >= 4 is 8.32 Å². The highest BCUT2D eigenvalue weighted by Crippen LogP contribution is 2.36. The lowest BCUT2D eigenvalue weighted by Gasteiger charge is -2.35. The Kier molecular flexibility index (Phi) is 3.99. The minimum Gasteiger partial charge on any atom is -0.416 e. The molecule has 1 saturated heterocycles. The Morgan fingerprint density at radius 3 is 2.47 bits per heavy atom. The summed E-state index contributed by atoms with van der Waals surface area (Å²) in [5, 5.41) is 0.292. The van der Waals surface area contributed by atoms with Gasteiger partial charge in [-0.2, -0.15) is 0 Å². The summed E-state index contributed by atoms with van der Waals surface area (Å²) in [5.74, 6) is 6.14. The molecule has 0 aromatic carbocycles.